The van der Waals surface area contributed by atoms with Gasteiger partial charge in [0.2, 0.25) is 0 Å². The largest absolute Gasteiger partial charge is 0.465 e. The predicted molar refractivity (Wildman–Crippen MR) is 131 cm³/mol. The van der Waals surface area contributed by atoms with E-state index in [1.54, 1.807) is 10.7 Å². The van der Waals surface area contributed by atoms with Crippen LogP contribution >= 0.6 is 0 Å². The number of carbonyl (C=O) groups excluding carboxylic acids is 1. The number of aromatic nitrogens is 3. The lowest BCUT2D eigenvalue weighted by atomic mass is 10.1. The van der Waals surface area contributed by atoms with Crippen molar-refractivity contribution in [1.29, 1.82) is 0 Å². The van der Waals surface area contributed by atoms with Gasteiger partial charge >= 0.3 is 6.09 Å². The molecule has 2 fully saturated rings. The topological polar surface area (TPSA) is 116 Å². The summed E-state index contributed by atoms with van der Waals surface area (Å²) in [7, 11) is 1.89. The molecule has 4 heterocycles. The molecule has 178 valence electrons. The Hall–Kier alpha value is -3.82. The first kappa shape index (κ1) is 22.0. The van der Waals surface area contributed by atoms with Crippen LogP contribution in [0.5, 0.6) is 0 Å². The fourth-order valence-electron chi connectivity index (χ4n) is 4.85. The van der Waals surface area contributed by atoms with Crippen molar-refractivity contribution in [2.45, 2.75) is 31.7 Å². The van der Waals surface area contributed by atoms with Gasteiger partial charge in [-0.1, -0.05) is 6.07 Å². The molecule has 3 aromatic rings. The third-order valence-corrected chi connectivity index (χ3v) is 6.49. The Bertz CT molecular complexity index is 1220. The number of amides is 2. The van der Waals surface area contributed by atoms with Crippen LogP contribution in [-0.2, 0) is 7.05 Å². The van der Waals surface area contributed by atoms with E-state index in [1.807, 2.05) is 36.3 Å². The van der Waals surface area contributed by atoms with Gasteiger partial charge in [-0.15, -0.1) is 0 Å². The van der Waals surface area contributed by atoms with E-state index in [-0.39, 0.29) is 11.9 Å². The Kier molecular flexibility index (Phi) is 5.95. The van der Waals surface area contributed by atoms with Crippen LogP contribution in [0.25, 0.3) is 10.9 Å². The molecule has 10 nitrogen and oxygen atoms in total. The molecule has 2 saturated heterocycles. The molecule has 2 amide bonds. The number of rotatable bonds is 5. The molecular formula is C24H29N7O3. The molecule has 2 aliphatic rings. The van der Waals surface area contributed by atoms with E-state index in [0.717, 1.165) is 48.2 Å². The summed E-state index contributed by atoms with van der Waals surface area (Å²) in [5, 5.41) is 20.1. The van der Waals surface area contributed by atoms with Gasteiger partial charge in [0.05, 0.1) is 22.9 Å². The number of nitrogens with one attached hydrogen (secondary N) is 2. The van der Waals surface area contributed by atoms with Gasteiger partial charge in [-0.05, 0) is 49.9 Å². The zero-order valence-corrected chi connectivity index (χ0v) is 19.2. The summed E-state index contributed by atoms with van der Waals surface area (Å²) in [5.74, 6) is 0.393. The summed E-state index contributed by atoms with van der Waals surface area (Å²) in [5.41, 5.74) is 2.96. The molecule has 2 aromatic heterocycles. The minimum atomic E-state index is -1.02. The number of carbonyl (C=O) groups is 2. The summed E-state index contributed by atoms with van der Waals surface area (Å²) in [6.07, 6.45) is 5.10. The van der Waals surface area contributed by atoms with Crippen LogP contribution in [0, 0.1) is 0 Å². The van der Waals surface area contributed by atoms with E-state index in [1.165, 1.54) is 6.42 Å². The van der Waals surface area contributed by atoms with E-state index < -0.39 is 6.09 Å². The highest BCUT2D eigenvalue weighted by molar-refractivity contribution is 6.06. The molecule has 2 aliphatic heterocycles. The second-order valence-corrected chi connectivity index (χ2v) is 8.99. The quantitative estimate of drug-likeness (QED) is 0.533. The van der Waals surface area contributed by atoms with Crippen molar-refractivity contribution in [2.24, 2.45) is 7.05 Å². The smallest absolute Gasteiger partial charge is 0.404 e. The van der Waals surface area contributed by atoms with E-state index in [4.69, 9.17) is 5.11 Å². The predicted octanol–water partition coefficient (Wildman–Crippen LogP) is 3.06. The molecule has 0 bridgehead atoms. The van der Waals surface area contributed by atoms with Crippen molar-refractivity contribution >= 4 is 40.1 Å². The molecule has 0 aliphatic carbocycles. The molecule has 10 heteroatoms. The van der Waals surface area contributed by atoms with Crippen molar-refractivity contribution in [3.63, 3.8) is 0 Å². The average molecular weight is 464 g/mol. The normalized spacial score (nSPS) is 18.3. The lowest BCUT2D eigenvalue weighted by molar-refractivity contribution is 0.102. The first-order chi connectivity index (χ1) is 16.5. The Balaban J connectivity index is 1.38. The van der Waals surface area contributed by atoms with Crippen molar-refractivity contribution in [2.75, 3.05) is 41.3 Å². The number of pyridine rings is 1. The molecule has 1 atom stereocenters. The summed E-state index contributed by atoms with van der Waals surface area (Å²) < 4.78 is 1.78. The number of benzene rings is 1. The number of hydrogen-bond donors (Lipinski definition) is 3. The van der Waals surface area contributed by atoms with Crippen LogP contribution < -0.4 is 20.4 Å². The lowest BCUT2D eigenvalue weighted by Crippen LogP contribution is -2.36. The Labute approximate surface area is 197 Å². The van der Waals surface area contributed by atoms with Gasteiger partial charge in [0.1, 0.15) is 11.5 Å². The first-order valence-corrected chi connectivity index (χ1v) is 11.7. The highest BCUT2D eigenvalue weighted by Crippen LogP contribution is 2.33. The van der Waals surface area contributed by atoms with Gasteiger partial charge in [-0.25, -0.2) is 9.78 Å². The third-order valence-electron chi connectivity index (χ3n) is 6.49. The number of anilines is 3. The number of hydrogen-bond acceptors (Lipinski definition) is 6. The van der Waals surface area contributed by atoms with Crippen molar-refractivity contribution in [3.8, 4) is 0 Å². The SMILES string of the molecule is Cn1cc2cc(NC(=O)c3cccc(N4CC[C@H](NC(=O)O)C4)n3)c(N3CCCCC3)cc2n1. The maximum Gasteiger partial charge on any atom is 0.404 e. The zero-order chi connectivity index (χ0) is 23.7. The monoisotopic (exact) mass is 463 g/mol. The van der Waals surface area contributed by atoms with Gasteiger partial charge in [-0.3, -0.25) is 9.48 Å². The number of nitrogens with zero attached hydrogens (tertiary/aromatic N) is 5. The highest BCUT2D eigenvalue weighted by Gasteiger charge is 2.25. The van der Waals surface area contributed by atoms with Gasteiger partial charge < -0.3 is 25.5 Å². The minimum Gasteiger partial charge on any atom is -0.465 e. The molecule has 0 saturated carbocycles. The Morgan fingerprint density at radius 3 is 2.71 bits per heavy atom. The van der Waals surface area contributed by atoms with Gasteiger partial charge in [0.25, 0.3) is 5.91 Å². The molecule has 0 spiro atoms. The van der Waals surface area contributed by atoms with E-state index in [2.05, 4.69) is 31.7 Å². The van der Waals surface area contributed by atoms with Crippen LogP contribution in [0.3, 0.4) is 0 Å². The summed E-state index contributed by atoms with van der Waals surface area (Å²) in [4.78, 5) is 33.1. The van der Waals surface area contributed by atoms with Crippen LogP contribution in [0.1, 0.15) is 36.2 Å². The number of aryl methyl sites for hydroxylation is 1. The second-order valence-electron chi connectivity index (χ2n) is 8.99. The van der Waals surface area contributed by atoms with Gasteiger partial charge in [0.15, 0.2) is 0 Å². The molecule has 3 N–H and O–H groups in total. The van der Waals surface area contributed by atoms with Crippen LogP contribution in [-0.4, -0.2) is 64.1 Å². The molecule has 5 rings (SSSR count). The third kappa shape index (κ3) is 4.61. The van der Waals surface area contributed by atoms with Gasteiger partial charge in [-0.2, -0.15) is 5.10 Å². The molecule has 34 heavy (non-hydrogen) atoms. The number of carboxylic acid groups (broad SMARTS) is 1. The Morgan fingerprint density at radius 1 is 1.09 bits per heavy atom. The second kappa shape index (κ2) is 9.20. The zero-order valence-electron chi connectivity index (χ0n) is 19.2. The summed E-state index contributed by atoms with van der Waals surface area (Å²) in [6, 6.07) is 9.25. The average Bonchev–Trinajstić information content (AvgIpc) is 3.44. The van der Waals surface area contributed by atoms with Crippen LogP contribution in [0.15, 0.2) is 36.5 Å². The van der Waals surface area contributed by atoms with Crippen molar-refractivity contribution in [3.05, 3.63) is 42.2 Å². The fourth-order valence-corrected chi connectivity index (χ4v) is 4.85. The highest BCUT2D eigenvalue weighted by atomic mass is 16.4. The van der Waals surface area contributed by atoms with Crippen molar-refractivity contribution < 1.29 is 14.7 Å². The molecule has 0 radical (unpaired) electrons. The molecule has 0 unspecified atom stereocenters. The standard InChI is InChI=1S/C24H29N7O3/c1-29-14-16-12-20(21(13-19(16)28-29)30-9-3-2-4-10-30)27-23(32)18-6-5-7-22(26-18)31-11-8-17(15-31)25-24(33)34/h5-7,12-14,17,25H,2-4,8-11,15H2,1H3,(H,27,32)(H,33,34)/t17-/m0/s1. The van der Waals surface area contributed by atoms with Crippen LogP contribution in [0.4, 0.5) is 22.0 Å². The summed E-state index contributed by atoms with van der Waals surface area (Å²) in [6.45, 7) is 3.12. The minimum absolute atomic E-state index is 0.143. The van der Waals surface area contributed by atoms with E-state index >= 15 is 0 Å². The maximum atomic E-state index is 13.2. The summed E-state index contributed by atoms with van der Waals surface area (Å²) >= 11 is 0. The Morgan fingerprint density at radius 2 is 1.91 bits per heavy atom. The maximum absolute atomic E-state index is 13.2. The molecule has 1 aromatic carbocycles. The number of piperidine rings is 1. The lowest BCUT2D eigenvalue weighted by Gasteiger charge is -2.30. The van der Waals surface area contributed by atoms with E-state index in [0.29, 0.717) is 31.0 Å². The van der Waals surface area contributed by atoms with E-state index in [9.17, 15) is 9.59 Å². The number of fused-ring (bicyclic) bond motifs is 1. The first-order valence-electron chi connectivity index (χ1n) is 11.7. The fraction of sp³-hybridized carbons (Fsp3) is 0.417. The van der Waals surface area contributed by atoms with Gasteiger partial charge in [0, 0.05) is 44.8 Å². The molecular weight excluding hydrogens is 434 g/mol. The van der Waals surface area contributed by atoms with Crippen molar-refractivity contribution in [1.82, 2.24) is 20.1 Å². The van der Waals surface area contributed by atoms with Crippen LogP contribution in [0.2, 0.25) is 0 Å².